The lowest BCUT2D eigenvalue weighted by Crippen LogP contribution is -1.88. The number of hydrogen-bond acceptors (Lipinski definition) is 1. The maximum absolute atomic E-state index is 14.6. The number of unbranched alkanes of at least 4 members (excludes halogenated alkanes) is 2. The first-order valence-corrected chi connectivity index (χ1v) is 10.2. The first kappa shape index (κ1) is 21.3. The predicted molar refractivity (Wildman–Crippen MR) is 122 cm³/mol. The summed E-state index contributed by atoms with van der Waals surface area (Å²) in [5, 5.41) is 0. The molecule has 0 unspecified atom stereocenters. The zero-order chi connectivity index (χ0) is 21.3. The summed E-state index contributed by atoms with van der Waals surface area (Å²) in [5.41, 5.74) is 9.48. The Morgan fingerprint density at radius 1 is 0.700 bits per heavy atom. The minimum atomic E-state index is -0.869. The first-order valence-electron chi connectivity index (χ1n) is 10.2. The molecule has 3 rings (SSSR count). The normalized spacial score (nSPS) is 11.4. The van der Waals surface area contributed by atoms with Crippen LogP contribution in [0.5, 0.6) is 0 Å². The molecule has 3 aromatic rings. The van der Waals surface area contributed by atoms with Gasteiger partial charge in [0.15, 0.2) is 11.7 Å². The van der Waals surface area contributed by atoms with Crippen molar-refractivity contribution in [1.29, 1.82) is 0 Å². The molecule has 30 heavy (non-hydrogen) atoms. The number of anilines is 1. The van der Waals surface area contributed by atoms with Gasteiger partial charge in [0.2, 0.25) is 0 Å². The molecule has 0 aromatic heterocycles. The molecule has 0 saturated heterocycles. The summed E-state index contributed by atoms with van der Waals surface area (Å²) in [6, 6.07) is 20.7. The molecule has 0 radical (unpaired) electrons. The summed E-state index contributed by atoms with van der Waals surface area (Å²) in [5.74, 6) is 4.32. The first-order chi connectivity index (χ1) is 14.6. The lowest BCUT2D eigenvalue weighted by Gasteiger charge is -2.05. The fourth-order valence-corrected chi connectivity index (χ4v) is 3.06. The summed E-state index contributed by atoms with van der Waals surface area (Å²) < 4.78 is 29.3. The van der Waals surface area contributed by atoms with Gasteiger partial charge in [-0.25, -0.2) is 8.78 Å². The van der Waals surface area contributed by atoms with Gasteiger partial charge in [0.25, 0.3) is 0 Å². The molecular weight excluding hydrogens is 376 g/mol. The largest absolute Gasteiger partial charge is 0.399 e. The van der Waals surface area contributed by atoms with Gasteiger partial charge in [-0.2, -0.15) is 0 Å². The SMILES string of the molecule is CCCCCc1ccc(/C(F)=C(\F)c2ccc(C#Cc3ccc(N)cc3)cc2)cc1. The second-order valence-corrected chi connectivity index (χ2v) is 7.23. The maximum Gasteiger partial charge on any atom is 0.166 e. The van der Waals surface area contributed by atoms with E-state index in [1.165, 1.54) is 6.42 Å². The van der Waals surface area contributed by atoms with E-state index in [4.69, 9.17) is 5.73 Å². The topological polar surface area (TPSA) is 26.0 Å². The quantitative estimate of drug-likeness (QED) is 0.201. The Bertz CT molecular complexity index is 1050. The van der Waals surface area contributed by atoms with Gasteiger partial charge in [-0.05, 0) is 54.8 Å². The van der Waals surface area contributed by atoms with Crippen LogP contribution in [0.15, 0.2) is 72.8 Å². The van der Waals surface area contributed by atoms with Crippen molar-refractivity contribution < 1.29 is 8.78 Å². The van der Waals surface area contributed by atoms with E-state index in [0.717, 1.165) is 36.0 Å². The Morgan fingerprint density at radius 3 is 1.67 bits per heavy atom. The minimum absolute atomic E-state index is 0.192. The van der Waals surface area contributed by atoms with Crippen molar-refractivity contribution in [3.63, 3.8) is 0 Å². The molecule has 2 N–H and O–H groups in total. The van der Waals surface area contributed by atoms with Gasteiger partial charge >= 0.3 is 0 Å². The molecule has 0 heterocycles. The second kappa shape index (κ2) is 10.4. The standard InChI is InChI=1S/C27H25F2N/c1-2-3-4-5-20-8-14-23(15-9-20)26(28)27(29)24-16-10-21(11-17-24)6-7-22-12-18-25(30)19-13-22/h8-19H,2-5,30H2,1H3/b27-26+. The maximum atomic E-state index is 14.6. The van der Waals surface area contributed by atoms with Crippen molar-refractivity contribution in [2.45, 2.75) is 32.6 Å². The van der Waals surface area contributed by atoms with E-state index in [1.54, 1.807) is 48.5 Å². The van der Waals surface area contributed by atoms with Crippen LogP contribution in [0.4, 0.5) is 14.5 Å². The lowest BCUT2D eigenvalue weighted by atomic mass is 10.0. The zero-order valence-corrected chi connectivity index (χ0v) is 17.1. The van der Waals surface area contributed by atoms with Crippen LogP contribution < -0.4 is 5.73 Å². The monoisotopic (exact) mass is 401 g/mol. The van der Waals surface area contributed by atoms with E-state index >= 15 is 0 Å². The van der Waals surface area contributed by atoms with Crippen molar-refractivity contribution >= 4 is 17.3 Å². The van der Waals surface area contributed by atoms with Crippen LogP contribution in [0, 0.1) is 11.8 Å². The number of nitrogens with two attached hydrogens (primary N) is 1. The average molecular weight is 402 g/mol. The van der Waals surface area contributed by atoms with Crippen LogP contribution in [0.3, 0.4) is 0 Å². The molecule has 152 valence electrons. The Labute approximate surface area is 177 Å². The molecule has 1 nitrogen and oxygen atoms in total. The highest BCUT2D eigenvalue weighted by Crippen LogP contribution is 2.29. The van der Waals surface area contributed by atoms with Gasteiger partial charge in [-0.3, -0.25) is 0 Å². The van der Waals surface area contributed by atoms with E-state index in [2.05, 4.69) is 18.8 Å². The molecule has 0 fully saturated rings. The van der Waals surface area contributed by atoms with Crippen molar-refractivity contribution in [3.05, 3.63) is 101 Å². The molecule has 0 saturated carbocycles. The van der Waals surface area contributed by atoms with Gasteiger partial charge in [0.1, 0.15) is 0 Å². The zero-order valence-electron chi connectivity index (χ0n) is 17.1. The highest BCUT2D eigenvalue weighted by molar-refractivity contribution is 5.83. The Balaban J connectivity index is 1.71. The fraction of sp³-hybridized carbons (Fsp3) is 0.185. The minimum Gasteiger partial charge on any atom is -0.399 e. The van der Waals surface area contributed by atoms with Crippen molar-refractivity contribution in [2.24, 2.45) is 0 Å². The molecule has 0 aliphatic carbocycles. The highest BCUT2D eigenvalue weighted by Gasteiger charge is 2.11. The molecule has 0 aliphatic rings. The molecule has 0 aliphatic heterocycles. The second-order valence-electron chi connectivity index (χ2n) is 7.23. The average Bonchev–Trinajstić information content (AvgIpc) is 2.79. The van der Waals surface area contributed by atoms with Crippen molar-refractivity contribution in [1.82, 2.24) is 0 Å². The van der Waals surface area contributed by atoms with Crippen molar-refractivity contribution in [2.75, 3.05) is 5.73 Å². The summed E-state index contributed by atoms with van der Waals surface area (Å²) in [4.78, 5) is 0. The number of benzene rings is 3. The summed E-state index contributed by atoms with van der Waals surface area (Å²) in [6.45, 7) is 2.16. The number of rotatable bonds is 6. The molecule has 3 heteroatoms. The third-order valence-electron chi connectivity index (χ3n) is 4.87. The van der Waals surface area contributed by atoms with E-state index in [-0.39, 0.29) is 11.1 Å². The van der Waals surface area contributed by atoms with Gasteiger partial charge in [0, 0.05) is 27.9 Å². The highest BCUT2D eigenvalue weighted by atomic mass is 19.2. The van der Waals surface area contributed by atoms with Gasteiger partial charge in [-0.1, -0.05) is 68.0 Å². The Hall–Kier alpha value is -3.38. The van der Waals surface area contributed by atoms with E-state index in [1.807, 2.05) is 24.3 Å². The Morgan fingerprint density at radius 2 is 1.17 bits per heavy atom. The number of nitrogen functional groups attached to an aromatic ring is 1. The van der Waals surface area contributed by atoms with Gasteiger partial charge < -0.3 is 5.73 Å². The fourth-order valence-electron chi connectivity index (χ4n) is 3.06. The van der Waals surface area contributed by atoms with E-state index < -0.39 is 11.7 Å². The molecule has 0 bridgehead atoms. The van der Waals surface area contributed by atoms with Crippen LogP contribution in [0.25, 0.3) is 11.7 Å². The summed E-state index contributed by atoms with van der Waals surface area (Å²) in [7, 11) is 0. The number of halogens is 2. The molecular formula is C27H25F2N. The van der Waals surface area contributed by atoms with Crippen LogP contribution in [0.1, 0.15) is 54.0 Å². The molecule has 3 aromatic carbocycles. The van der Waals surface area contributed by atoms with Gasteiger partial charge in [-0.15, -0.1) is 0 Å². The van der Waals surface area contributed by atoms with E-state index in [9.17, 15) is 8.78 Å². The summed E-state index contributed by atoms with van der Waals surface area (Å²) in [6.07, 6.45) is 4.40. The third-order valence-corrected chi connectivity index (χ3v) is 4.87. The predicted octanol–water partition coefficient (Wildman–Crippen LogP) is 7.17. The van der Waals surface area contributed by atoms with Crippen LogP contribution >= 0.6 is 0 Å². The molecule has 0 spiro atoms. The van der Waals surface area contributed by atoms with Crippen LogP contribution in [-0.4, -0.2) is 0 Å². The lowest BCUT2D eigenvalue weighted by molar-refractivity contribution is 0.699. The van der Waals surface area contributed by atoms with Crippen LogP contribution in [-0.2, 0) is 6.42 Å². The molecule has 0 amide bonds. The smallest absolute Gasteiger partial charge is 0.166 e. The van der Waals surface area contributed by atoms with Crippen molar-refractivity contribution in [3.8, 4) is 11.8 Å². The Kier molecular flexibility index (Phi) is 7.40. The van der Waals surface area contributed by atoms with Crippen LogP contribution in [0.2, 0.25) is 0 Å². The molecule has 0 atom stereocenters. The van der Waals surface area contributed by atoms with E-state index in [0.29, 0.717) is 5.69 Å². The van der Waals surface area contributed by atoms with Gasteiger partial charge in [0.05, 0.1) is 0 Å². The number of aryl methyl sites for hydroxylation is 1. The third kappa shape index (κ3) is 5.81. The summed E-state index contributed by atoms with van der Waals surface area (Å²) >= 11 is 0. The number of hydrogen-bond donors (Lipinski definition) is 1.